The van der Waals surface area contributed by atoms with Gasteiger partial charge in [-0.15, -0.1) is 0 Å². The molecule has 0 saturated carbocycles. The number of hydrogen-bond acceptors (Lipinski definition) is 6. The van der Waals surface area contributed by atoms with Crippen molar-refractivity contribution in [3.8, 4) is 0 Å². The zero-order chi connectivity index (χ0) is 18.4. The molecule has 2 amide bonds. The molecule has 0 radical (unpaired) electrons. The van der Waals surface area contributed by atoms with Crippen LogP contribution in [0.2, 0.25) is 0 Å². The van der Waals surface area contributed by atoms with Gasteiger partial charge in [0.15, 0.2) is 0 Å². The molecule has 138 valence electrons. The van der Waals surface area contributed by atoms with E-state index in [2.05, 4.69) is 25.4 Å². The number of methoxy groups -OCH3 is 1. The lowest BCUT2D eigenvalue weighted by Crippen LogP contribution is -2.47. The van der Waals surface area contributed by atoms with Gasteiger partial charge in [-0.25, -0.2) is 9.48 Å². The Kier molecular flexibility index (Phi) is 6.37. The van der Waals surface area contributed by atoms with E-state index in [1.165, 1.54) is 11.8 Å². The Hall–Kier alpha value is -2.58. The fraction of sp³-hybridized carbons (Fsp3) is 0.625. The highest BCUT2D eigenvalue weighted by Crippen LogP contribution is 2.21. The van der Waals surface area contributed by atoms with Gasteiger partial charge in [-0.3, -0.25) is 9.59 Å². The predicted octanol–water partition coefficient (Wildman–Crippen LogP) is -0.143. The van der Waals surface area contributed by atoms with Crippen LogP contribution >= 0.6 is 0 Å². The van der Waals surface area contributed by atoms with Crippen LogP contribution in [0.1, 0.15) is 19.8 Å². The summed E-state index contributed by atoms with van der Waals surface area (Å²) in [6, 6.07) is 0.953. The molecule has 1 aromatic heterocycles. The third kappa shape index (κ3) is 5.20. The molecule has 0 aliphatic carbocycles. The van der Waals surface area contributed by atoms with Gasteiger partial charge in [0.1, 0.15) is 6.04 Å². The molecule has 9 heteroatoms. The number of nitrogens with zero attached hydrogens (tertiary/aromatic N) is 3. The zero-order valence-corrected chi connectivity index (χ0v) is 14.8. The Bertz CT molecular complexity index is 667. The van der Waals surface area contributed by atoms with Gasteiger partial charge < -0.3 is 20.3 Å². The highest BCUT2D eigenvalue weighted by atomic mass is 16.5. The molecule has 2 rings (SSSR count). The minimum atomic E-state index is -0.640. The number of rotatable bonds is 5. The van der Waals surface area contributed by atoms with Crippen LogP contribution in [0.4, 0.5) is 10.5 Å². The number of hydrogen-bond donors (Lipinski definition) is 2. The first-order valence-corrected chi connectivity index (χ1v) is 8.31. The first-order valence-electron chi connectivity index (χ1n) is 8.31. The third-order valence-corrected chi connectivity index (χ3v) is 4.41. The summed E-state index contributed by atoms with van der Waals surface area (Å²) in [5.74, 6) is 0.133. The fourth-order valence-electron chi connectivity index (χ4n) is 2.73. The van der Waals surface area contributed by atoms with Crippen molar-refractivity contribution in [3.05, 3.63) is 22.6 Å². The van der Waals surface area contributed by atoms with E-state index in [9.17, 15) is 14.4 Å². The smallest absolute Gasteiger partial charge is 0.407 e. The van der Waals surface area contributed by atoms with Crippen molar-refractivity contribution >= 4 is 17.7 Å². The Morgan fingerprint density at radius 3 is 2.68 bits per heavy atom. The largest absolute Gasteiger partial charge is 0.453 e. The summed E-state index contributed by atoms with van der Waals surface area (Å²) < 4.78 is 5.77. The summed E-state index contributed by atoms with van der Waals surface area (Å²) in [7, 11) is 2.88. The number of piperidine rings is 1. The van der Waals surface area contributed by atoms with E-state index >= 15 is 0 Å². The van der Waals surface area contributed by atoms with Gasteiger partial charge in [0.05, 0.1) is 19.0 Å². The molecule has 1 fully saturated rings. The normalized spacial score (nSPS) is 16.2. The number of carbonyl (C=O) groups is 2. The Balaban J connectivity index is 1.76. The zero-order valence-electron chi connectivity index (χ0n) is 14.8. The van der Waals surface area contributed by atoms with Crippen molar-refractivity contribution in [1.29, 1.82) is 0 Å². The molecule has 2 heterocycles. The van der Waals surface area contributed by atoms with E-state index in [1.807, 2.05) is 0 Å². The first-order chi connectivity index (χ1) is 11.9. The molecule has 1 aromatic rings. The van der Waals surface area contributed by atoms with Gasteiger partial charge in [0.25, 0.3) is 5.56 Å². The van der Waals surface area contributed by atoms with E-state index in [4.69, 9.17) is 0 Å². The van der Waals surface area contributed by atoms with Crippen LogP contribution in [-0.2, 0) is 16.6 Å². The van der Waals surface area contributed by atoms with Crippen molar-refractivity contribution < 1.29 is 14.3 Å². The molecular weight excluding hydrogens is 326 g/mol. The maximum Gasteiger partial charge on any atom is 0.407 e. The quantitative estimate of drug-likeness (QED) is 0.765. The lowest BCUT2D eigenvalue weighted by Gasteiger charge is -2.33. The Morgan fingerprint density at radius 2 is 2.08 bits per heavy atom. The number of aryl methyl sites for hydroxylation is 1. The molecule has 0 bridgehead atoms. The van der Waals surface area contributed by atoms with Crippen molar-refractivity contribution in [2.24, 2.45) is 13.0 Å². The minimum absolute atomic E-state index is 0.126. The highest BCUT2D eigenvalue weighted by molar-refractivity contribution is 5.85. The summed E-state index contributed by atoms with van der Waals surface area (Å²) in [5, 5.41) is 9.34. The number of carbonyl (C=O) groups excluding carboxylic acids is 2. The summed E-state index contributed by atoms with van der Waals surface area (Å²) in [6.07, 6.45) is 2.89. The molecular formula is C16H25N5O4. The molecule has 9 nitrogen and oxygen atoms in total. The lowest BCUT2D eigenvalue weighted by molar-refractivity contribution is -0.122. The molecule has 25 heavy (non-hydrogen) atoms. The van der Waals surface area contributed by atoms with Crippen molar-refractivity contribution in [1.82, 2.24) is 20.4 Å². The summed E-state index contributed by atoms with van der Waals surface area (Å²) in [5.41, 5.74) is 0.709. The van der Waals surface area contributed by atoms with Crippen LogP contribution in [0.5, 0.6) is 0 Å². The molecule has 0 unspecified atom stereocenters. The number of alkyl carbamates (subject to hydrolysis) is 1. The van der Waals surface area contributed by atoms with E-state index in [-0.39, 0.29) is 11.5 Å². The molecule has 1 aliphatic heterocycles. The van der Waals surface area contributed by atoms with E-state index in [1.54, 1.807) is 26.2 Å². The van der Waals surface area contributed by atoms with Crippen LogP contribution in [0.3, 0.4) is 0 Å². The molecule has 2 N–H and O–H groups in total. The van der Waals surface area contributed by atoms with Gasteiger partial charge >= 0.3 is 6.09 Å². The van der Waals surface area contributed by atoms with Gasteiger partial charge in [-0.05, 0) is 25.7 Å². The number of nitrogens with one attached hydrogen (secondary N) is 2. The Labute approximate surface area is 146 Å². The van der Waals surface area contributed by atoms with Crippen LogP contribution in [0, 0.1) is 5.92 Å². The topological polar surface area (TPSA) is 106 Å². The van der Waals surface area contributed by atoms with E-state index in [0.29, 0.717) is 12.5 Å². The van der Waals surface area contributed by atoms with Crippen LogP contribution in [0.15, 0.2) is 17.1 Å². The second-order valence-corrected chi connectivity index (χ2v) is 6.21. The number of anilines is 1. The standard InChI is InChI=1S/C16H25N5O4/c1-11(19-16(24)25-3)15(23)17-9-12-4-6-21(7-5-12)13-8-14(22)20(2)18-10-13/h8,10-12H,4-7,9H2,1-3H3,(H,17,23)(H,19,24)/t11-/m1/s1. The van der Waals surface area contributed by atoms with Crippen LogP contribution in [-0.4, -0.2) is 54.6 Å². The third-order valence-electron chi connectivity index (χ3n) is 4.41. The monoisotopic (exact) mass is 351 g/mol. The summed E-state index contributed by atoms with van der Waals surface area (Å²) in [4.78, 5) is 36.9. The minimum Gasteiger partial charge on any atom is -0.453 e. The van der Waals surface area contributed by atoms with Crippen molar-refractivity contribution in [2.75, 3.05) is 31.6 Å². The predicted molar refractivity (Wildman–Crippen MR) is 92.4 cm³/mol. The number of aromatic nitrogens is 2. The molecule has 1 atom stereocenters. The maximum absolute atomic E-state index is 12.0. The molecule has 0 spiro atoms. The second-order valence-electron chi connectivity index (χ2n) is 6.21. The van der Waals surface area contributed by atoms with Gasteiger partial charge in [0, 0.05) is 32.7 Å². The average molecular weight is 351 g/mol. The highest BCUT2D eigenvalue weighted by Gasteiger charge is 2.22. The van der Waals surface area contributed by atoms with Gasteiger partial charge in [-0.1, -0.05) is 0 Å². The van der Waals surface area contributed by atoms with Gasteiger partial charge in [-0.2, -0.15) is 5.10 Å². The molecule has 1 saturated heterocycles. The first kappa shape index (κ1) is 18.8. The van der Waals surface area contributed by atoms with Crippen molar-refractivity contribution in [2.45, 2.75) is 25.8 Å². The molecule has 1 aliphatic rings. The Morgan fingerprint density at radius 1 is 1.40 bits per heavy atom. The van der Waals surface area contributed by atoms with Crippen molar-refractivity contribution in [3.63, 3.8) is 0 Å². The summed E-state index contributed by atoms with van der Waals surface area (Å²) in [6.45, 7) is 3.79. The maximum atomic E-state index is 12.0. The van der Waals surface area contributed by atoms with E-state index < -0.39 is 12.1 Å². The number of ether oxygens (including phenoxy) is 1. The van der Waals surface area contributed by atoms with E-state index in [0.717, 1.165) is 31.6 Å². The van der Waals surface area contributed by atoms with Gasteiger partial charge in [0.2, 0.25) is 5.91 Å². The average Bonchev–Trinajstić information content (AvgIpc) is 2.62. The fourth-order valence-corrected chi connectivity index (χ4v) is 2.73. The number of amides is 2. The summed E-state index contributed by atoms with van der Waals surface area (Å²) >= 11 is 0. The van der Waals surface area contributed by atoms with Crippen LogP contribution < -0.4 is 21.1 Å². The van der Waals surface area contributed by atoms with Crippen LogP contribution in [0.25, 0.3) is 0 Å². The lowest BCUT2D eigenvalue weighted by atomic mass is 9.96. The molecule has 0 aromatic carbocycles. The SMILES string of the molecule is COC(=O)N[C@H](C)C(=O)NCC1CCN(c2cnn(C)c(=O)c2)CC1. The second kappa shape index (κ2) is 8.50.